The minimum Gasteiger partial charge on any atom is -0.493 e. The molecule has 5 rings (SSSR count). The van der Waals surface area contributed by atoms with E-state index in [4.69, 9.17) is 4.74 Å². The van der Waals surface area contributed by atoms with E-state index in [-0.39, 0.29) is 6.03 Å². The molecule has 0 spiro atoms. The number of fused-ring (bicyclic) bond motifs is 2. The first-order valence-electron chi connectivity index (χ1n) is 10.2. The Labute approximate surface area is 174 Å². The quantitative estimate of drug-likeness (QED) is 0.692. The van der Waals surface area contributed by atoms with Gasteiger partial charge in [0.15, 0.2) is 5.75 Å². The molecule has 2 N–H and O–H groups in total. The van der Waals surface area contributed by atoms with Crippen LogP contribution >= 0.6 is 0 Å². The number of carbonyl (C=O) groups excluding carboxylic acids is 1. The zero-order valence-electron chi connectivity index (χ0n) is 17.1. The van der Waals surface area contributed by atoms with E-state index >= 15 is 0 Å². The Morgan fingerprint density at radius 1 is 1.30 bits per heavy atom. The highest BCUT2D eigenvalue weighted by Gasteiger charge is 2.31. The summed E-state index contributed by atoms with van der Waals surface area (Å²) in [6.45, 7) is 5.66. The van der Waals surface area contributed by atoms with Crippen molar-refractivity contribution in [3.8, 4) is 5.75 Å². The molecule has 0 saturated carbocycles. The van der Waals surface area contributed by atoms with Crippen LogP contribution in [0.4, 0.5) is 22.0 Å². The zero-order valence-corrected chi connectivity index (χ0v) is 17.1. The van der Waals surface area contributed by atoms with Gasteiger partial charge in [0.25, 0.3) is 0 Å². The number of pyridine rings is 2. The number of hydrogen-bond acceptors (Lipinski definition) is 6. The first kappa shape index (κ1) is 18.7. The molecule has 0 radical (unpaired) electrons. The Morgan fingerprint density at radius 3 is 3.03 bits per heavy atom. The van der Waals surface area contributed by atoms with Crippen LogP contribution in [0.25, 0.3) is 5.52 Å². The monoisotopic (exact) mass is 407 g/mol. The third-order valence-corrected chi connectivity index (χ3v) is 5.76. The van der Waals surface area contributed by atoms with Gasteiger partial charge in [-0.25, -0.2) is 14.3 Å². The molecule has 5 heterocycles. The van der Waals surface area contributed by atoms with Gasteiger partial charge in [-0.15, -0.1) is 0 Å². The smallest absolute Gasteiger partial charge is 0.327 e. The second kappa shape index (κ2) is 7.49. The topological polar surface area (TPSA) is 87.0 Å². The first-order valence-corrected chi connectivity index (χ1v) is 10.2. The number of piperazine rings is 1. The second-order valence-electron chi connectivity index (χ2n) is 7.72. The van der Waals surface area contributed by atoms with E-state index in [1.165, 1.54) is 5.69 Å². The Morgan fingerprint density at radius 2 is 2.20 bits per heavy atom. The summed E-state index contributed by atoms with van der Waals surface area (Å²) in [4.78, 5) is 21.8. The SMILES string of the molecule is COc1cn2nccc2cc1NC(=O)N1CCc2c(N3CCN[C@@H](C)C3)ccnc21. The summed E-state index contributed by atoms with van der Waals surface area (Å²) in [6, 6.07) is 6.02. The fraction of sp³-hybridized carbons (Fsp3) is 0.381. The summed E-state index contributed by atoms with van der Waals surface area (Å²) in [6.07, 6.45) is 6.05. The molecule has 9 nitrogen and oxygen atoms in total. The number of nitrogens with zero attached hydrogens (tertiary/aromatic N) is 5. The lowest BCUT2D eigenvalue weighted by atomic mass is 10.1. The average molecular weight is 407 g/mol. The predicted molar refractivity (Wildman–Crippen MR) is 116 cm³/mol. The average Bonchev–Trinajstić information content (AvgIpc) is 3.39. The number of methoxy groups -OCH3 is 1. The highest BCUT2D eigenvalue weighted by Crippen LogP contribution is 2.35. The molecule has 2 aliphatic rings. The largest absolute Gasteiger partial charge is 0.493 e. The molecular weight excluding hydrogens is 382 g/mol. The number of anilines is 3. The summed E-state index contributed by atoms with van der Waals surface area (Å²) in [5.41, 5.74) is 3.80. The van der Waals surface area contributed by atoms with Gasteiger partial charge in [0, 0.05) is 55.9 Å². The molecule has 0 aliphatic carbocycles. The maximum atomic E-state index is 13.1. The van der Waals surface area contributed by atoms with Crippen LogP contribution < -0.4 is 25.2 Å². The van der Waals surface area contributed by atoms with E-state index in [2.05, 4.69) is 38.6 Å². The third kappa shape index (κ3) is 3.21. The van der Waals surface area contributed by atoms with Crippen LogP contribution in [0.2, 0.25) is 0 Å². The van der Waals surface area contributed by atoms with E-state index in [0.29, 0.717) is 24.0 Å². The number of amides is 2. The lowest BCUT2D eigenvalue weighted by Crippen LogP contribution is -2.49. The number of urea groups is 1. The normalized spacial score (nSPS) is 18.5. The van der Waals surface area contributed by atoms with Crippen LogP contribution in [0.15, 0.2) is 36.8 Å². The number of ether oxygens (including phenoxy) is 1. The van der Waals surface area contributed by atoms with E-state index in [1.807, 2.05) is 12.1 Å². The lowest BCUT2D eigenvalue weighted by molar-refractivity contribution is 0.257. The van der Waals surface area contributed by atoms with Crippen LogP contribution in [0.3, 0.4) is 0 Å². The predicted octanol–water partition coefficient (Wildman–Crippen LogP) is 2.13. The summed E-state index contributed by atoms with van der Waals surface area (Å²) < 4.78 is 7.15. The van der Waals surface area contributed by atoms with Crippen molar-refractivity contribution in [2.45, 2.75) is 19.4 Å². The van der Waals surface area contributed by atoms with Crippen molar-refractivity contribution in [1.82, 2.24) is 19.9 Å². The minimum atomic E-state index is -0.214. The molecule has 1 fully saturated rings. The van der Waals surface area contributed by atoms with Crippen molar-refractivity contribution in [2.24, 2.45) is 0 Å². The molecule has 1 saturated heterocycles. The second-order valence-corrected chi connectivity index (χ2v) is 7.72. The van der Waals surface area contributed by atoms with Gasteiger partial charge in [-0.2, -0.15) is 5.10 Å². The fourth-order valence-electron chi connectivity index (χ4n) is 4.31. The van der Waals surface area contributed by atoms with Gasteiger partial charge < -0.3 is 20.3 Å². The standard InChI is InChI=1S/C21H25N7O2/c1-14-12-26(10-8-22-14)18-4-6-23-20-16(18)5-9-27(20)21(29)25-17-11-15-3-7-24-28(15)13-19(17)30-2/h3-4,6-7,11,13-14,22H,5,8-10,12H2,1-2H3,(H,25,29)/t14-/m0/s1. The summed E-state index contributed by atoms with van der Waals surface area (Å²) in [7, 11) is 1.58. The molecule has 2 amide bonds. The maximum Gasteiger partial charge on any atom is 0.327 e. The summed E-state index contributed by atoms with van der Waals surface area (Å²) >= 11 is 0. The molecule has 3 aromatic rings. The Bertz CT molecular complexity index is 1100. The molecule has 1 atom stereocenters. The zero-order chi connectivity index (χ0) is 20.7. The van der Waals surface area contributed by atoms with Crippen LogP contribution in [-0.4, -0.2) is 60.0 Å². The van der Waals surface area contributed by atoms with E-state index < -0.39 is 0 Å². The van der Waals surface area contributed by atoms with E-state index in [9.17, 15) is 4.79 Å². The molecule has 156 valence electrons. The fourth-order valence-corrected chi connectivity index (χ4v) is 4.31. The van der Waals surface area contributed by atoms with Crippen molar-refractivity contribution in [3.63, 3.8) is 0 Å². The molecule has 0 unspecified atom stereocenters. The maximum absolute atomic E-state index is 13.1. The van der Waals surface area contributed by atoms with Crippen molar-refractivity contribution < 1.29 is 9.53 Å². The van der Waals surface area contributed by atoms with Gasteiger partial charge in [0.05, 0.1) is 24.5 Å². The van der Waals surface area contributed by atoms with Gasteiger partial charge in [-0.05, 0) is 31.5 Å². The van der Waals surface area contributed by atoms with Crippen molar-refractivity contribution in [2.75, 3.05) is 48.4 Å². The van der Waals surface area contributed by atoms with Crippen molar-refractivity contribution in [3.05, 3.63) is 42.4 Å². The van der Waals surface area contributed by atoms with E-state index in [0.717, 1.165) is 43.0 Å². The van der Waals surface area contributed by atoms with Crippen molar-refractivity contribution >= 4 is 28.7 Å². The number of rotatable bonds is 3. The third-order valence-electron chi connectivity index (χ3n) is 5.76. The number of hydrogen-bond donors (Lipinski definition) is 2. The van der Waals surface area contributed by atoms with Crippen molar-refractivity contribution in [1.29, 1.82) is 0 Å². The van der Waals surface area contributed by atoms with Gasteiger partial charge >= 0.3 is 6.03 Å². The van der Waals surface area contributed by atoms with Crippen LogP contribution in [0.1, 0.15) is 12.5 Å². The lowest BCUT2D eigenvalue weighted by Gasteiger charge is -2.34. The molecule has 2 aliphatic heterocycles. The molecular formula is C21H25N7O2. The molecule has 30 heavy (non-hydrogen) atoms. The summed E-state index contributed by atoms with van der Waals surface area (Å²) in [5.74, 6) is 1.29. The van der Waals surface area contributed by atoms with Gasteiger partial charge in [-0.1, -0.05) is 0 Å². The number of carbonyl (C=O) groups is 1. The highest BCUT2D eigenvalue weighted by atomic mass is 16.5. The van der Waals surface area contributed by atoms with Gasteiger partial charge in [-0.3, -0.25) is 4.90 Å². The molecule has 9 heteroatoms. The molecule has 3 aromatic heterocycles. The van der Waals surface area contributed by atoms with Crippen LogP contribution in [-0.2, 0) is 6.42 Å². The Balaban J connectivity index is 1.41. The van der Waals surface area contributed by atoms with Crippen LogP contribution in [0.5, 0.6) is 5.75 Å². The highest BCUT2D eigenvalue weighted by molar-refractivity contribution is 6.04. The van der Waals surface area contributed by atoms with E-state index in [1.54, 1.807) is 35.1 Å². The first-order chi connectivity index (χ1) is 14.6. The van der Waals surface area contributed by atoms with Gasteiger partial charge in [0.2, 0.25) is 0 Å². The number of nitrogens with one attached hydrogen (secondary N) is 2. The Kier molecular flexibility index (Phi) is 4.66. The number of aromatic nitrogens is 3. The van der Waals surface area contributed by atoms with Crippen LogP contribution in [0, 0.1) is 0 Å². The molecule has 0 aromatic carbocycles. The Hall–Kier alpha value is -3.33. The van der Waals surface area contributed by atoms with Gasteiger partial charge in [0.1, 0.15) is 5.82 Å². The molecule has 0 bridgehead atoms. The minimum absolute atomic E-state index is 0.214. The summed E-state index contributed by atoms with van der Waals surface area (Å²) in [5, 5.41) is 10.7.